The Bertz CT molecular complexity index is 595. The van der Waals surface area contributed by atoms with Crippen LogP contribution in [0.1, 0.15) is 0 Å². The van der Waals surface area contributed by atoms with Crippen molar-refractivity contribution in [1.29, 1.82) is 0 Å². The molecule has 0 aliphatic heterocycles. The molecular weight excluding hydrogens is 242 g/mol. The molecule has 0 fully saturated rings. The first kappa shape index (κ1) is 11.6. The number of nitrogens with zero attached hydrogens (tertiary/aromatic N) is 4. The van der Waals surface area contributed by atoms with Gasteiger partial charge in [-0.3, -0.25) is 9.58 Å². The molecule has 0 radical (unpaired) electrons. The van der Waals surface area contributed by atoms with E-state index in [1.165, 1.54) is 15.9 Å². The van der Waals surface area contributed by atoms with Crippen LogP contribution in [0.5, 0.6) is 0 Å². The lowest BCUT2D eigenvalue weighted by molar-refractivity contribution is 0.819. The van der Waals surface area contributed by atoms with Crippen LogP contribution in [0.2, 0.25) is 5.02 Å². The monoisotopic (exact) mass is 251 g/mol. The molecule has 7 heteroatoms. The molecule has 1 aromatic carbocycles. The summed E-state index contributed by atoms with van der Waals surface area (Å²) in [6.45, 7) is 0. The summed E-state index contributed by atoms with van der Waals surface area (Å²) in [6.07, 6.45) is 1.36. The molecule has 2 N–H and O–H groups in total. The number of hydrazine groups is 1. The van der Waals surface area contributed by atoms with Crippen LogP contribution in [0.25, 0.3) is 5.69 Å². The predicted molar refractivity (Wildman–Crippen MR) is 65.2 cm³/mol. The number of anilines is 1. The molecule has 2 rings (SSSR count). The third kappa shape index (κ3) is 2.43. The lowest BCUT2D eigenvalue weighted by atomic mass is 10.3. The molecule has 0 unspecified atom stereocenters. The number of aromatic nitrogens is 3. The Morgan fingerprint density at radius 2 is 2.24 bits per heavy atom. The van der Waals surface area contributed by atoms with Crippen LogP contribution in [-0.2, 0) is 0 Å². The summed E-state index contributed by atoms with van der Waals surface area (Å²) in [5.74, 6) is 5.59. The maximum atomic E-state index is 11.7. The first-order valence-electron chi connectivity index (χ1n) is 4.78. The lowest BCUT2D eigenvalue weighted by Gasteiger charge is -2.10. The van der Waals surface area contributed by atoms with E-state index in [1.54, 1.807) is 31.3 Å². The van der Waals surface area contributed by atoms with E-state index < -0.39 is 5.69 Å². The average Bonchev–Trinajstić information content (AvgIpc) is 2.28. The largest absolute Gasteiger partial charge is 0.356 e. The molecule has 0 amide bonds. The molecule has 1 aromatic heterocycles. The predicted octanol–water partition coefficient (Wildman–Crippen LogP) is 0.591. The van der Waals surface area contributed by atoms with Crippen LogP contribution in [0.15, 0.2) is 35.4 Å². The summed E-state index contributed by atoms with van der Waals surface area (Å²) in [5, 5.41) is 1.71. The maximum Gasteiger partial charge on any atom is 0.356 e. The minimum absolute atomic E-state index is 0.160. The number of hydrogen-bond acceptors (Lipinski definition) is 5. The average molecular weight is 252 g/mol. The normalized spacial score (nSPS) is 10.3. The number of hydrogen-bond donors (Lipinski definition) is 1. The third-order valence-electron chi connectivity index (χ3n) is 2.09. The van der Waals surface area contributed by atoms with Crippen molar-refractivity contribution in [3.63, 3.8) is 0 Å². The quantitative estimate of drug-likeness (QED) is 0.624. The van der Waals surface area contributed by atoms with Crippen LogP contribution >= 0.6 is 11.6 Å². The van der Waals surface area contributed by atoms with Gasteiger partial charge < -0.3 is 0 Å². The van der Waals surface area contributed by atoms with Crippen LogP contribution < -0.4 is 16.5 Å². The van der Waals surface area contributed by atoms with Crippen molar-refractivity contribution in [3.8, 4) is 5.69 Å². The first-order valence-corrected chi connectivity index (χ1v) is 5.16. The fourth-order valence-corrected chi connectivity index (χ4v) is 1.48. The van der Waals surface area contributed by atoms with Gasteiger partial charge in [-0.25, -0.2) is 15.6 Å². The highest BCUT2D eigenvalue weighted by Gasteiger charge is 2.05. The fraction of sp³-hybridized carbons (Fsp3) is 0.100. The highest BCUT2D eigenvalue weighted by molar-refractivity contribution is 6.30. The first-order chi connectivity index (χ1) is 8.08. The highest BCUT2D eigenvalue weighted by atomic mass is 35.5. The molecule has 0 aliphatic rings. The second kappa shape index (κ2) is 4.52. The van der Waals surface area contributed by atoms with Crippen molar-refractivity contribution < 1.29 is 0 Å². The van der Waals surface area contributed by atoms with E-state index >= 15 is 0 Å². The second-order valence-electron chi connectivity index (χ2n) is 3.40. The van der Waals surface area contributed by atoms with Gasteiger partial charge in [-0.1, -0.05) is 17.7 Å². The highest BCUT2D eigenvalue weighted by Crippen LogP contribution is 2.12. The summed E-state index contributed by atoms with van der Waals surface area (Å²) in [5.41, 5.74) is 0.142. The number of nitrogens with two attached hydrogens (primary N) is 1. The zero-order valence-corrected chi connectivity index (χ0v) is 9.80. The summed E-state index contributed by atoms with van der Waals surface area (Å²) < 4.78 is 1.29. The lowest BCUT2D eigenvalue weighted by Crippen LogP contribution is -2.32. The maximum absolute atomic E-state index is 11.7. The Morgan fingerprint density at radius 1 is 1.47 bits per heavy atom. The van der Waals surface area contributed by atoms with Gasteiger partial charge in [0.1, 0.15) is 6.33 Å². The molecule has 0 aliphatic carbocycles. The molecule has 0 bridgehead atoms. The number of rotatable bonds is 2. The minimum atomic E-state index is -0.463. The number of benzene rings is 1. The third-order valence-corrected chi connectivity index (χ3v) is 2.33. The Balaban J connectivity index is 2.51. The van der Waals surface area contributed by atoms with Gasteiger partial charge in [-0.05, 0) is 18.2 Å². The van der Waals surface area contributed by atoms with Crippen LogP contribution in [0.3, 0.4) is 0 Å². The van der Waals surface area contributed by atoms with Gasteiger partial charge in [-0.15, -0.1) is 0 Å². The molecule has 0 spiro atoms. The van der Waals surface area contributed by atoms with Gasteiger partial charge >= 0.3 is 5.69 Å². The molecule has 0 saturated carbocycles. The van der Waals surface area contributed by atoms with E-state index in [0.29, 0.717) is 10.7 Å². The SMILES string of the molecule is CN(N)c1ncn(-c2cccc(Cl)c2)c(=O)n1. The summed E-state index contributed by atoms with van der Waals surface area (Å²) in [6, 6.07) is 6.85. The van der Waals surface area contributed by atoms with E-state index in [9.17, 15) is 4.79 Å². The fourth-order valence-electron chi connectivity index (χ4n) is 1.30. The molecule has 2 aromatic rings. The zero-order chi connectivity index (χ0) is 12.4. The second-order valence-corrected chi connectivity index (χ2v) is 3.84. The van der Waals surface area contributed by atoms with Gasteiger partial charge in [0.25, 0.3) is 0 Å². The topological polar surface area (TPSA) is 77.0 Å². The van der Waals surface area contributed by atoms with Crippen LogP contribution in [-0.4, -0.2) is 21.6 Å². The van der Waals surface area contributed by atoms with Crippen molar-refractivity contribution in [3.05, 3.63) is 46.1 Å². The summed E-state index contributed by atoms with van der Waals surface area (Å²) in [7, 11) is 1.55. The molecule has 88 valence electrons. The molecule has 17 heavy (non-hydrogen) atoms. The van der Waals surface area contributed by atoms with Gasteiger partial charge in [0.05, 0.1) is 5.69 Å². The van der Waals surface area contributed by atoms with Crippen molar-refractivity contribution in [2.45, 2.75) is 0 Å². The summed E-state index contributed by atoms with van der Waals surface area (Å²) in [4.78, 5) is 19.4. The molecule has 6 nitrogen and oxygen atoms in total. The van der Waals surface area contributed by atoms with Crippen molar-refractivity contribution >= 4 is 17.5 Å². The van der Waals surface area contributed by atoms with E-state index in [4.69, 9.17) is 17.4 Å². The standard InChI is InChI=1S/C10H10ClN5O/c1-15(12)9-13-6-16(10(17)14-9)8-4-2-3-7(11)5-8/h2-6H,12H2,1H3. The smallest absolute Gasteiger partial charge is 0.282 e. The van der Waals surface area contributed by atoms with Crippen molar-refractivity contribution in [2.24, 2.45) is 5.84 Å². The van der Waals surface area contributed by atoms with Crippen LogP contribution in [0, 0.1) is 0 Å². The van der Waals surface area contributed by atoms with E-state index in [1.807, 2.05) is 0 Å². The molecule has 0 saturated heterocycles. The number of halogens is 1. The van der Waals surface area contributed by atoms with Gasteiger partial charge in [-0.2, -0.15) is 4.98 Å². The van der Waals surface area contributed by atoms with Crippen molar-refractivity contribution in [1.82, 2.24) is 14.5 Å². The van der Waals surface area contributed by atoms with E-state index in [0.717, 1.165) is 0 Å². The van der Waals surface area contributed by atoms with E-state index in [2.05, 4.69) is 9.97 Å². The Kier molecular flexibility index (Phi) is 3.08. The van der Waals surface area contributed by atoms with Gasteiger partial charge in [0.2, 0.25) is 5.95 Å². The molecular formula is C10H10ClN5O. The van der Waals surface area contributed by atoms with Gasteiger partial charge in [0.15, 0.2) is 0 Å². The zero-order valence-electron chi connectivity index (χ0n) is 9.04. The molecule has 1 heterocycles. The minimum Gasteiger partial charge on any atom is -0.282 e. The van der Waals surface area contributed by atoms with Crippen LogP contribution in [0.4, 0.5) is 5.95 Å². The Morgan fingerprint density at radius 3 is 2.82 bits per heavy atom. The van der Waals surface area contributed by atoms with E-state index in [-0.39, 0.29) is 5.95 Å². The Hall–Kier alpha value is -1.92. The van der Waals surface area contributed by atoms with Crippen molar-refractivity contribution in [2.75, 3.05) is 12.1 Å². The van der Waals surface area contributed by atoms with Gasteiger partial charge in [0, 0.05) is 12.1 Å². The summed E-state index contributed by atoms with van der Waals surface area (Å²) >= 11 is 5.84. The molecule has 0 atom stereocenters. The Labute approximate surface area is 102 Å².